The Balaban J connectivity index is 1.68. The van der Waals surface area contributed by atoms with Gasteiger partial charge in [-0.1, -0.05) is 36.1 Å². The molecule has 0 saturated heterocycles. The van der Waals surface area contributed by atoms with Gasteiger partial charge >= 0.3 is 0 Å². The Morgan fingerprint density at radius 2 is 1.27 bits per heavy atom. The molecule has 0 aromatic rings. The third kappa shape index (κ3) is 1.03. The fourth-order valence-corrected chi connectivity index (χ4v) is 4.74. The average Bonchev–Trinajstić information content (AvgIpc) is 2.75. The second-order valence-electron chi connectivity index (χ2n) is 5.96. The highest BCUT2D eigenvalue weighted by atomic mass is 14.6. The van der Waals surface area contributed by atoms with E-state index in [1.165, 1.54) is 44.9 Å². The molecule has 4 aliphatic rings. The van der Waals surface area contributed by atoms with E-state index in [4.69, 9.17) is 0 Å². The molecule has 2 bridgehead atoms. The zero-order chi connectivity index (χ0) is 9.83. The van der Waals surface area contributed by atoms with Crippen LogP contribution in [0, 0.1) is 23.7 Å². The third-order valence-electron chi connectivity index (χ3n) is 5.32. The van der Waals surface area contributed by atoms with Crippen LogP contribution in [0.1, 0.15) is 44.9 Å². The Hall–Kier alpha value is -0.520. The van der Waals surface area contributed by atoms with E-state index < -0.39 is 0 Å². The number of hydrogen-bond acceptors (Lipinski definition) is 0. The quantitative estimate of drug-likeness (QED) is 0.517. The third-order valence-corrected chi connectivity index (χ3v) is 5.32. The molecule has 4 unspecified atom stereocenters. The van der Waals surface area contributed by atoms with Crippen LogP contribution in [0.25, 0.3) is 0 Å². The molecule has 4 atom stereocenters. The molecule has 1 saturated carbocycles. The molecule has 15 heavy (non-hydrogen) atoms. The van der Waals surface area contributed by atoms with Gasteiger partial charge in [0.15, 0.2) is 0 Å². The lowest BCUT2D eigenvalue weighted by Gasteiger charge is -2.44. The van der Waals surface area contributed by atoms with Crippen LogP contribution in [0.15, 0.2) is 23.3 Å². The van der Waals surface area contributed by atoms with Gasteiger partial charge in [-0.25, -0.2) is 0 Å². The van der Waals surface area contributed by atoms with Crippen LogP contribution < -0.4 is 0 Å². The SMILES string of the molecule is C1=CC2CC1C1C3=C(CCCCCC3)C21. The summed E-state index contributed by atoms with van der Waals surface area (Å²) in [6.45, 7) is 0. The predicted octanol–water partition coefficient (Wildman–Crippen LogP) is 4.09. The molecule has 80 valence electrons. The van der Waals surface area contributed by atoms with Gasteiger partial charge in [0, 0.05) is 0 Å². The molecule has 0 nitrogen and oxygen atoms in total. The maximum absolute atomic E-state index is 2.52. The minimum Gasteiger partial charge on any atom is -0.0845 e. The zero-order valence-corrected chi connectivity index (χ0v) is 9.41. The lowest BCUT2D eigenvalue weighted by Crippen LogP contribution is -2.34. The Morgan fingerprint density at radius 3 is 1.80 bits per heavy atom. The van der Waals surface area contributed by atoms with Crippen molar-refractivity contribution in [2.45, 2.75) is 44.9 Å². The molecule has 0 N–H and O–H groups in total. The highest BCUT2D eigenvalue weighted by Gasteiger charge is 2.53. The fourth-order valence-electron chi connectivity index (χ4n) is 4.74. The molecule has 4 aliphatic carbocycles. The maximum atomic E-state index is 2.52. The second kappa shape index (κ2) is 2.99. The predicted molar refractivity (Wildman–Crippen MR) is 62.4 cm³/mol. The van der Waals surface area contributed by atoms with Crippen LogP contribution in [-0.4, -0.2) is 0 Å². The first-order valence-corrected chi connectivity index (χ1v) is 6.85. The van der Waals surface area contributed by atoms with Crippen molar-refractivity contribution in [3.8, 4) is 0 Å². The summed E-state index contributed by atoms with van der Waals surface area (Å²) in [6, 6.07) is 0. The molecular weight excluding hydrogens is 180 g/mol. The number of allylic oxidation sites excluding steroid dienone is 4. The first-order valence-electron chi connectivity index (χ1n) is 6.85. The van der Waals surface area contributed by atoms with Crippen molar-refractivity contribution in [3.63, 3.8) is 0 Å². The lowest BCUT2D eigenvalue weighted by molar-refractivity contribution is 0.306. The maximum Gasteiger partial charge on any atom is -0.00659 e. The largest absolute Gasteiger partial charge is 0.0845 e. The van der Waals surface area contributed by atoms with E-state index in [1.807, 2.05) is 11.1 Å². The van der Waals surface area contributed by atoms with E-state index in [-0.39, 0.29) is 0 Å². The molecule has 0 aromatic carbocycles. The topological polar surface area (TPSA) is 0 Å². The minimum absolute atomic E-state index is 0.957. The van der Waals surface area contributed by atoms with Gasteiger partial charge in [-0.2, -0.15) is 0 Å². The summed E-state index contributed by atoms with van der Waals surface area (Å²) in [6.07, 6.45) is 15.4. The molecule has 0 radical (unpaired) electrons. The molecule has 1 fully saturated rings. The number of rotatable bonds is 0. The number of hydrogen-bond donors (Lipinski definition) is 0. The van der Waals surface area contributed by atoms with Gasteiger partial charge in [0.25, 0.3) is 0 Å². The zero-order valence-electron chi connectivity index (χ0n) is 9.41. The van der Waals surface area contributed by atoms with Crippen molar-refractivity contribution in [2.24, 2.45) is 23.7 Å². The van der Waals surface area contributed by atoms with Crippen LogP contribution in [0.5, 0.6) is 0 Å². The average molecular weight is 200 g/mol. The van der Waals surface area contributed by atoms with Crippen molar-refractivity contribution >= 4 is 0 Å². The minimum atomic E-state index is 0.957. The normalized spacial score (nSPS) is 46.9. The summed E-state index contributed by atoms with van der Waals surface area (Å²) in [5.41, 5.74) is 3.85. The van der Waals surface area contributed by atoms with E-state index in [0.717, 1.165) is 23.7 Å². The molecule has 0 heterocycles. The molecule has 0 amide bonds. The Bertz CT molecular complexity index is 315. The fraction of sp³-hybridized carbons (Fsp3) is 0.733. The molecule has 4 rings (SSSR count). The van der Waals surface area contributed by atoms with Crippen LogP contribution in [0.3, 0.4) is 0 Å². The van der Waals surface area contributed by atoms with E-state index in [0.29, 0.717) is 0 Å². The van der Waals surface area contributed by atoms with Gasteiger partial charge in [0.2, 0.25) is 0 Å². The van der Waals surface area contributed by atoms with Gasteiger partial charge in [-0.15, -0.1) is 0 Å². The summed E-state index contributed by atoms with van der Waals surface area (Å²) < 4.78 is 0. The Morgan fingerprint density at radius 1 is 0.733 bits per heavy atom. The summed E-state index contributed by atoms with van der Waals surface area (Å²) in [7, 11) is 0. The van der Waals surface area contributed by atoms with Crippen LogP contribution in [-0.2, 0) is 0 Å². The Kier molecular flexibility index (Phi) is 1.72. The monoisotopic (exact) mass is 200 g/mol. The lowest BCUT2D eigenvalue weighted by atomic mass is 9.60. The van der Waals surface area contributed by atoms with Crippen molar-refractivity contribution < 1.29 is 0 Å². The van der Waals surface area contributed by atoms with E-state index in [2.05, 4.69) is 12.2 Å². The molecule has 0 heteroatoms. The van der Waals surface area contributed by atoms with Gasteiger partial charge < -0.3 is 0 Å². The van der Waals surface area contributed by atoms with Crippen LogP contribution >= 0.6 is 0 Å². The van der Waals surface area contributed by atoms with Gasteiger partial charge in [0.05, 0.1) is 0 Å². The van der Waals surface area contributed by atoms with Crippen molar-refractivity contribution in [2.75, 3.05) is 0 Å². The molecule has 0 spiro atoms. The summed E-state index contributed by atoms with van der Waals surface area (Å²) in [4.78, 5) is 0. The standard InChI is InChI=1S/C15H20/c1-2-4-6-13-12(5-3-1)14-10-7-8-11(9-10)15(13)14/h7-8,10-11,14-15H,1-6,9H2. The van der Waals surface area contributed by atoms with Crippen LogP contribution in [0.2, 0.25) is 0 Å². The van der Waals surface area contributed by atoms with Crippen LogP contribution in [0.4, 0.5) is 0 Å². The molecule has 0 aliphatic heterocycles. The summed E-state index contributed by atoms with van der Waals surface area (Å²) in [5, 5.41) is 0. The van der Waals surface area contributed by atoms with Crippen molar-refractivity contribution in [1.82, 2.24) is 0 Å². The van der Waals surface area contributed by atoms with E-state index in [1.54, 1.807) is 0 Å². The first-order chi connectivity index (χ1) is 7.45. The highest BCUT2D eigenvalue weighted by Crippen LogP contribution is 2.63. The van der Waals surface area contributed by atoms with Gasteiger partial charge in [-0.05, 0) is 55.8 Å². The molecular formula is C15H20. The van der Waals surface area contributed by atoms with Crippen molar-refractivity contribution in [1.29, 1.82) is 0 Å². The Labute approximate surface area is 92.4 Å². The number of fused-ring (bicyclic) bond motifs is 7. The molecule has 0 aromatic heterocycles. The summed E-state index contributed by atoms with van der Waals surface area (Å²) in [5.74, 6) is 3.96. The second-order valence-corrected chi connectivity index (χ2v) is 5.96. The smallest absolute Gasteiger partial charge is 0.00659 e. The van der Waals surface area contributed by atoms with E-state index in [9.17, 15) is 0 Å². The van der Waals surface area contributed by atoms with Crippen molar-refractivity contribution in [3.05, 3.63) is 23.3 Å². The van der Waals surface area contributed by atoms with E-state index >= 15 is 0 Å². The summed E-state index contributed by atoms with van der Waals surface area (Å²) >= 11 is 0. The first kappa shape index (κ1) is 8.61. The van der Waals surface area contributed by atoms with Gasteiger partial charge in [-0.3, -0.25) is 0 Å². The van der Waals surface area contributed by atoms with Gasteiger partial charge in [0.1, 0.15) is 0 Å². The highest BCUT2D eigenvalue weighted by molar-refractivity contribution is 5.41.